The summed E-state index contributed by atoms with van der Waals surface area (Å²) in [6.07, 6.45) is -4.86. The van der Waals surface area contributed by atoms with Gasteiger partial charge in [-0.25, -0.2) is 8.78 Å². The summed E-state index contributed by atoms with van der Waals surface area (Å²) in [5, 5.41) is 0. The number of rotatable bonds is 1. The molecule has 0 aliphatic heterocycles. The van der Waals surface area contributed by atoms with E-state index in [1.165, 1.54) is 0 Å². The molecular formula is C8H5F5O. The molecule has 0 unspecified atom stereocenters. The van der Waals surface area contributed by atoms with Crippen LogP contribution >= 0.6 is 0 Å². The van der Waals surface area contributed by atoms with Gasteiger partial charge in [0.1, 0.15) is 5.82 Å². The molecule has 1 nitrogen and oxygen atoms in total. The van der Waals surface area contributed by atoms with Crippen LogP contribution in [0.3, 0.4) is 0 Å². The average molecular weight is 212 g/mol. The SMILES string of the molecule is COc1cc(C(F)(F)F)c(F)cc1F. The highest BCUT2D eigenvalue weighted by Gasteiger charge is 2.35. The highest BCUT2D eigenvalue weighted by molar-refractivity contribution is 5.33. The molecule has 0 radical (unpaired) electrons. The van der Waals surface area contributed by atoms with Crippen LogP contribution in [-0.2, 0) is 6.18 Å². The van der Waals surface area contributed by atoms with E-state index in [-0.39, 0.29) is 12.1 Å². The second kappa shape index (κ2) is 3.43. The predicted molar refractivity (Wildman–Crippen MR) is 37.9 cm³/mol. The molecule has 0 atom stereocenters. The molecular weight excluding hydrogens is 207 g/mol. The summed E-state index contributed by atoms with van der Waals surface area (Å²) >= 11 is 0. The Morgan fingerprint density at radius 2 is 1.64 bits per heavy atom. The van der Waals surface area contributed by atoms with Crippen molar-refractivity contribution < 1.29 is 26.7 Å². The van der Waals surface area contributed by atoms with Gasteiger partial charge in [0.2, 0.25) is 0 Å². The third-order valence-electron chi connectivity index (χ3n) is 1.55. The van der Waals surface area contributed by atoms with Gasteiger partial charge in [0.05, 0.1) is 12.7 Å². The Hall–Kier alpha value is -1.33. The topological polar surface area (TPSA) is 9.23 Å². The maximum absolute atomic E-state index is 12.7. The van der Waals surface area contributed by atoms with Gasteiger partial charge in [-0.3, -0.25) is 0 Å². The van der Waals surface area contributed by atoms with E-state index in [1.807, 2.05) is 0 Å². The van der Waals surface area contributed by atoms with Gasteiger partial charge in [-0.15, -0.1) is 0 Å². The molecule has 0 aliphatic carbocycles. The van der Waals surface area contributed by atoms with Crippen molar-refractivity contribution in [3.63, 3.8) is 0 Å². The Kier molecular flexibility index (Phi) is 2.64. The van der Waals surface area contributed by atoms with E-state index in [4.69, 9.17) is 0 Å². The van der Waals surface area contributed by atoms with Crippen molar-refractivity contribution in [2.45, 2.75) is 6.18 Å². The van der Waals surface area contributed by atoms with Gasteiger partial charge in [-0.2, -0.15) is 13.2 Å². The molecule has 0 bridgehead atoms. The van der Waals surface area contributed by atoms with Crippen LogP contribution in [0.4, 0.5) is 22.0 Å². The first kappa shape index (κ1) is 10.7. The third kappa shape index (κ3) is 1.94. The molecule has 1 rings (SSSR count). The smallest absolute Gasteiger partial charge is 0.419 e. The number of hydrogen-bond donors (Lipinski definition) is 0. The number of benzene rings is 1. The molecule has 0 aromatic heterocycles. The molecule has 1 aromatic carbocycles. The maximum Gasteiger partial charge on any atom is 0.419 e. The van der Waals surface area contributed by atoms with Crippen LogP contribution in [0.2, 0.25) is 0 Å². The molecule has 0 fully saturated rings. The van der Waals surface area contributed by atoms with Crippen LogP contribution in [0, 0.1) is 11.6 Å². The summed E-state index contributed by atoms with van der Waals surface area (Å²) in [5.74, 6) is -3.47. The first-order valence-corrected chi connectivity index (χ1v) is 3.46. The lowest BCUT2D eigenvalue weighted by molar-refractivity contribution is -0.140. The highest BCUT2D eigenvalue weighted by Crippen LogP contribution is 2.34. The molecule has 0 N–H and O–H groups in total. The van der Waals surface area contributed by atoms with E-state index in [1.54, 1.807) is 0 Å². The van der Waals surface area contributed by atoms with E-state index in [0.29, 0.717) is 0 Å². The van der Waals surface area contributed by atoms with Crippen molar-refractivity contribution in [2.75, 3.05) is 7.11 Å². The Labute approximate surface area is 76.1 Å². The average Bonchev–Trinajstić information content (AvgIpc) is 2.02. The zero-order chi connectivity index (χ0) is 10.9. The predicted octanol–water partition coefficient (Wildman–Crippen LogP) is 2.99. The first-order chi connectivity index (χ1) is 6.36. The largest absolute Gasteiger partial charge is 0.494 e. The quantitative estimate of drug-likeness (QED) is 0.650. The molecule has 0 heterocycles. The van der Waals surface area contributed by atoms with Gasteiger partial charge in [-0.1, -0.05) is 0 Å². The lowest BCUT2D eigenvalue weighted by Crippen LogP contribution is -2.09. The van der Waals surface area contributed by atoms with Gasteiger partial charge in [0.15, 0.2) is 11.6 Å². The molecule has 14 heavy (non-hydrogen) atoms. The van der Waals surface area contributed by atoms with Crippen LogP contribution < -0.4 is 4.74 Å². The monoisotopic (exact) mass is 212 g/mol. The second-order valence-corrected chi connectivity index (χ2v) is 2.46. The molecule has 6 heteroatoms. The second-order valence-electron chi connectivity index (χ2n) is 2.46. The van der Waals surface area contributed by atoms with Gasteiger partial charge in [0.25, 0.3) is 0 Å². The minimum Gasteiger partial charge on any atom is -0.494 e. The van der Waals surface area contributed by atoms with Gasteiger partial charge in [-0.05, 0) is 6.07 Å². The summed E-state index contributed by atoms with van der Waals surface area (Å²) in [4.78, 5) is 0. The molecule has 0 saturated carbocycles. The first-order valence-electron chi connectivity index (χ1n) is 3.46. The van der Waals surface area contributed by atoms with E-state index >= 15 is 0 Å². The van der Waals surface area contributed by atoms with Gasteiger partial charge < -0.3 is 4.74 Å². The number of alkyl halides is 3. The van der Waals surface area contributed by atoms with Crippen LogP contribution in [0.1, 0.15) is 5.56 Å². The molecule has 78 valence electrons. The lowest BCUT2D eigenvalue weighted by Gasteiger charge is -2.10. The van der Waals surface area contributed by atoms with Gasteiger partial charge in [0, 0.05) is 6.07 Å². The fraction of sp³-hybridized carbons (Fsp3) is 0.250. The molecule has 1 aromatic rings. The van der Waals surface area contributed by atoms with Crippen LogP contribution in [0.15, 0.2) is 12.1 Å². The van der Waals surface area contributed by atoms with Crippen molar-refractivity contribution >= 4 is 0 Å². The standard InChI is InChI=1S/C8H5F5O/c1-14-7-2-4(8(11,12)13)5(9)3-6(7)10/h2-3H,1H3. The normalized spacial score (nSPS) is 11.6. The van der Waals surface area contributed by atoms with Crippen molar-refractivity contribution in [2.24, 2.45) is 0 Å². The van der Waals surface area contributed by atoms with E-state index < -0.39 is 29.1 Å². The van der Waals surface area contributed by atoms with Crippen LogP contribution in [0.25, 0.3) is 0 Å². The minimum atomic E-state index is -4.86. The van der Waals surface area contributed by atoms with Crippen molar-refractivity contribution in [1.82, 2.24) is 0 Å². The number of ether oxygens (including phenoxy) is 1. The third-order valence-corrected chi connectivity index (χ3v) is 1.55. The van der Waals surface area contributed by atoms with E-state index in [0.717, 1.165) is 7.11 Å². The summed E-state index contributed by atoms with van der Waals surface area (Å²) in [6.45, 7) is 0. The van der Waals surface area contributed by atoms with Crippen LogP contribution in [0.5, 0.6) is 5.75 Å². The maximum atomic E-state index is 12.7. The fourth-order valence-corrected chi connectivity index (χ4v) is 0.903. The Bertz CT molecular complexity index is 344. The Morgan fingerprint density at radius 1 is 1.07 bits per heavy atom. The summed E-state index contributed by atoms with van der Waals surface area (Å²) < 4.78 is 65.9. The molecule has 0 aliphatic rings. The molecule has 0 spiro atoms. The number of hydrogen-bond acceptors (Lipinski definition) is 1. The van der Waals surface area contributed by atoms with E-state index in [9.17, 15) is 22.0 Å². The highest BCUT2D eigenvalue weighted by atomic mass is 19.4. The fourth-order valence-electron chi connectivity index (χ4n) is 0.903. The minimum absolute atomic E-state index is 0.141. The van der Waals surface area contributed by atoms with Crippen molar-refractivity contribution in [1.29, 1.82) is 0 Å². The van der Waals surface area contributed by atoms with Crippen LogP contribution in [-0.4, -0.2) is 7.11 Å². The number of methoxy groups -OCH3 is 1. The van der Waals surface area contributed by atoms with Crippen molar-refractivity contribution in [3.8, 4) is 5.75 Å². The Balaban J connectivity index is 3.32. The van der Waals surface area contributed by atoms with E-state index in [2.05, 4.69) is 4.74 Å². The summed E-state index contributed by atoms with van der Waals surface area (Å²) in [6, 6.07) is 0.423. The summed E-state index contributed by atoms with van der Waals surface area (Å²) in [5.41, 5.74) is -1.55. The zero-order valence-electron chi connectivity index (χ0n) is 6.95. The molecule has 0 amide bonds. The number of halogens is 5. The zero-order valence-corrected chi connectivity index (χ0v) is 6.95. The van der Waals surface area contributed by atoms with Crippen molar-refractivity contribution in [3.05, 3.63) is 29.3 Å². The van der Waals surface area contributed by atoms with Gasteiger partial charge >= 0.3 is 6.18 Å². The lowest BCUT2D eigenvalue weighted by atomic mass is 10.2. The Morgan fingerprint density at radius 3 is 2.07 bits per heavy atom. The summed E-state index contributed by atoms with van der Waals surface area (Å²) in [7, 11) is 0.997. The molecule has 0 saturated heterocycles.